The monoisotopic (exact) mass is 388 g/mol. The van der Waals surface area contributed by atoms with Gasteiger partial charge in [0.05, 0.1) is 17.7 Å². The maximum absolute atomic E-state index is 12.1. The highest BCUT2D eigenvalue weighted by molar-refractivity contribution is 6.33. The van der Waals surface area contributed by atoms with E-state index in [2.05, 4.69) is 15.6 Å². The first-order chi connectivity index (χ1) is 13.1. The second kappa shape index (κ2) is 10.4. The molecule has 1 amide bonds. The van der Waals surface area contributed by atoms with Crippen molar-refractivity contribution < 1.29 is 9.53 Å². The number of ether oxygens (including phenoxy) is 1. The van der Waals surface area contributed by atoms with Gasteiger partial charge in [-0.25, -0.2) is 0 Å². The number of guanidine groups is 1. The third kappa shape index (κ3) is 5.89. The molecular formula is C20H25ClN4O2. The summed E-state index contributed by atoms with van der Waals surface area (Å²) in [6.45, 7) is 1.64. The van der Waals surface area contributed by atoms with Crippen molar-refractivity contribution in [3.8, 4) is 5.75 Å². The molecule has 0 aliphatic carbocycles. The zero-order valence-electron chi connectivity index (χ0n) is 15.8. The smallest absolute Gasteiger partial charge is 0.252 e. The fourth-order valence-corrected chi connectivity index (χ4v) is 2.86. The number of benzene rings is 2. The van der Waals surface area contributed by atoms with E-state index in [1.807, 2.05) is 36.2 Å². The zero-order chi connectivity index (χ0) is 19.6. The lowest BCUT2D eigenvalue weighted by Gasteiger charge is -2.23. The lowest BCUT2D eigenvalue weighted by Crippen LogP contribution is -2.42. The summed E-state index contributed by atoms with van der Waals surface area (Å²) in [5, 5.41) is 6.52. The van der Waals surface area contributed by atoms with Crippen molar-refractivity contribution in [1.29, 1.82) is 0 Å². The Kier molecular flexibility index (Phi) is 7.95. The average Bonchev–Trinajstić information content (AvgIpc) is 2.68. The van der Waals surface area contributed by atoms with Gasteiger partial charge < -0.3 is 20.3 Å². The minimum Gasteiger partial charge on any atom is -0.496 e. The number of para-hydroxylation sites is 1. The average molecular weight is 389 g/mol. The van der Waals surface area contributed by atoms with Crippen molar-refractivity contribution in [3.05, 3.63) is 64.7 Å². The number of halogens is 1. The van der Waals surface area contributed by atoms with Gasteiger partial charge in [0.15, 0.2) is 5.96 Å². The van der Waals surface area contributed by atoms with E-state index in [0.29, 0.717) is 30.2 Å². The zero-order valence-corrected chi connectivity index (χ0v) is 16.6. The number of amides is 1. The number of nitrogens with zero attached hydrogens (tertiary/aromatic N) is 2. The first-order valence-corrected chi connectivity index (χ1v) is 9.01. The Morgan fingerprint density at radius 3 is 2.48 bits per heavy atom. The third-order valence-electron chi connectivity index (χ3n) is 3.99. The van der Waals surface area contributed by atoms with Gasteiger partial charge in [0.1, 0.15) is 5.75 Å². The van der Waals surface area contributed by atoms with Crippen LogP contribution in [0.3, 0.4) is 0 Å². The van der Waals surface area contributed by atoms with Crippen LogP contribution in [-0.4, -0.2) is 51.1 Å². The molecule has 0 fully saturated rings. The summed E-state index contributed by atoms with van der Waals surface area (Å²) in [6.07, 6.45) is 0. The number of aliphatic imine (C=N–C) groups is 1. The lowest BCUT2D eigenvalue weighted by molar-refractivity contribution is 0.0954. The summed E-state index contributed by atoms with van der Waals surface area (Å²) in [6, 6.07) is 14.9. The van der Waals surface area contributed by atoms with Crippen molar-refractivity contribution in [3.63, 3.8) is 0 Å². The second-order valence-electron chi connectivity index (χ2n) is 5.88. The van der Waals surface area contributed by atoms with E-state index in [1.54, 1.807) is 38.4 Å². The molecule has 0 saturated heterocycles. The summed E-state index contributed by atoms with van der Waals surface area (Å²) >= 11 is 6.04. The highest BCUT2D eigenvalue weighted by Crippen LogP contribution is 2.18. The van der Waals surface area contributed by atoms with Crippen LogP contribution in [0.25, 0.3) is 0 Å². The molecule has 0 spiro atoms. The molecule has 0 aromatic heterocycles. The van der Waals surface area contributed by atoms with Gasteiger partial charge in [0.2, 0.25) is 0 Å². The summed E-state index contributed by atoms with van der Waals surface area (Å²) in [5.41, 5.74) is 1.54. The molecule has 6 nitrogen and oxygen atoms in total. The second-order valence-corrected chi connectivity index (χ2v) is 6.28. The molecule has 27 heavy (non-hydrogen) atoms. The normalized spacial score (nSPS) is 11.0. The predicted molar refractivity (Wildman–Crippen MR) is 110 cm³/mol. The quantitative estimate of drug-likeness (QED) is 0.435. The lowest BCUT2D eigenvalue weighted by atomic mass is 10.2. The first-order valence-electron chi connectivity index (χ1n) is 8.63. The molecular weight excluding hydrogens is 364 g/mol. The molecule has 0 unspecified atom stereocenters. The molecule has 0 bridgehead atoms. The molecule has 0 saturated carbocycles. The molecule has 0 aliphatic rings. The van der Waals surface area contributed by atoms with Crippen LogP contribution >= 0.6 is 11.6 Å². The Hall–Kier alpha value is -2.73. The van der Waals surface area contributed by atoms with Crippen molar-refractivity contribution in [2.45, 2.75) is 6.54 Å². The van der Waals surface area contributed by atoms with E-state index in [-0.39, 0.29) is 5.91 Å². The van der Waals surface area contributed by atoms with Gasteiger partial charge in [0, 0.05) is 39.3 Å². The van der Waals surface area contributed by atoms with Gasteiger partial charge in [0.25, 0.3) is 5.91 Å². The van der Waals surface area contributed by atoms with E-state index in [9.17, 15) is 4.79 Å². The van der Waals surface area contributed by atoms with Crippen LogP contribution in [0.1, 0.15) is 15.9 Å². The van der Waals surface area contributed by atoms with Gasteiger partial charge in [-0.1, -0.05) is 41.9 Å². The van der Waals surface area contributed by atoms with Crippen LogP contribution in [0.2, 0.25) is 5.02 Å². The molecule has 144 valence electrons. The van der Waals surface area contributed by atoms with E-state index in [0.717, 1.165) is 17.3 Å². The van der Waals surface area contributed by atoms with E-state index < -0.39 is 0 Å². The Balaban J connectivity index is 1.83. The number of hydrogen-bond acceptors (Lipinski definition) is 3. The summed E-state index contributed by atoms with van der Waals surface area (Å²) in [5.74, 6) is 1.37. The minimum absolute atomic E-state index is 0.195. The highest BCUT2D eigenvalue weighted by Gasteiger charge is 2.11. The molecule has 2 rings (SSSR count). The maximum Gasteiger partial charge on any atom is 0.252 e. The van der Waals surface area contributed by atoms with Crippen molar-refractivity contribution in [2.24, 2.45) is 4.99 Å². The summed E-state index contributed by atoms with van der Waals surface area (Å²) in [4.78, 5) is 18.4. The summed E-state index contributed by atoms with van der Waals surface area (Å²) < 4.78 is 5.39. The maximum atomic E-state index is 12.1. The van der Waals surface area contributed by atoms with Crippen LogP contribution in [0, 0.1) is 0 Å². The van der Waals surface area contributed by atoms with Crippen LogP contribution < -0.4 is 15.4 Å². The number of hydrogen-bond donors (Lipinski definition) is 2. The van der Waals surface area contributed by atoms with Gasteiger partial charge in [-0.3, -0.25) is 9.79 Å². The van der Waals surface area contributed by atoms with Gasteiger partial charge in [-0.2, -0.15) is 0 Å². The number of methoxy groups -OCH3 is 1. The predicted octanol–water partition coefficient (Wildman–Crippen LogP) is 2.79. The Morgan fingerprint density at radius 2 is 1.78 bits per heavy atom. The Labute approximate surface area is 165 Å². The molecule has 0 aliphatic heterocycles. The van der Waals surface area contributed by atoms with E-state index in [1.165, 1.54) is 0 Å². The topological polar surface area (TPSA) is 66.0 Å². The van der Waals surface area contributed by atoms with Crippen LogP contribution in [0.4, 0.5) is 0 Å². The largest absolute Gasteiger partial charge is 0.496 e. The highest BCUT2D eigenvalue weighted by atomic mass is 35.5. The van der Waals surface area contributed by atoms with Crippen molar-refractivity contribution in [1.82, 2.24) is 15.5 Å². The van der Waals surface area contributed by atoms with Gasteiger partial charge >= 0.3 is 0 Å². The Morgan fingerprint density at radius 1 is 1.11 bits per heavy atom. The molecule has 7 heteroatoms. The van der Waals surface area contributed by atoms with Crippen molar-refractivity contribution in [2.75, 3.05) is 34.3 Å². The molecule has 2 aromatic rings. The summed E-state index contributed by atoms with van der Waals surface area (Å²) in [7, 11) is 5.33. The van der Waals surface area contributed by atoms with E-state index >= 15 is 0 Å². The molecule has 2 N–H and O–H groups in total. The first kappa shape index (κ1) is 20.6. The molecule has 0 radical (unpaired) electrons. The van der Waals surface area contributed by atoms with E-state index in [4.69, 9.17) is 16.3 Å². The van der Waals surface area contributed by atoms with Crippen LogP contribution in [0.15, 0.2) is 53.5 Å². The van der Waals surface area contributed by atoms with Gasteiger partial charge in [-0.15, -0.1) is 0 Å². The molecule has 2 aromatic carbocycles. The number of carbonyl (C=O) groups excluding carboxylic acids is 1. The van der Waals surface area contributed by atoms with Crippen molar-refractivity contribution >= 4 is 23.5 Å². The number of rotatable bonds is 7. The standard InChI is InChI=1S/C20H25ClN4O2/c1-22-20(25(2)14-15-8-4-7-11-18(15)27-3)24-13-12-23-19(26)16-9-5-6-10-17(16)21/h4-11H,12-14H2,1-3H3,(H,22,24)(H,23,26). The Bertz CT molecular complexity index is 795. The third-order valence-corrected chi connectivity index (χ3v) is 4.32. The minimum atomic E-state index is -0.195. The van der Waals surface area contributed by atoms with Gasteiger partial charge in [-0.05, 0) is 18.2 Å². The fraction of sp³-hybridized carbons (Fsp3) is 0.300. The molecule has 0 heterocycles. The fourth-order valence-electron chi connectivity index (χ4n) is 2.64. The molecule has 0 atom stereocenters. The number of carbonyl (C=O) groups is 1. The number of nitrogens with one attached hydrogen (secondary N) is 2. The van der Waals surface area contributed by atoms with Crippen LogP contribution in [0.5, 0.6) is 5.75 Å². The van der Waals surface area contributed by atoms with Crippen LogP contribution in [-0.2, 0) is 6.54 Å². The SMILES string of the molecule is CN=C(NCCNC(=O)c1ccccc1Cl)N(C)Cc1ccccc1OC.